The van der Waals surface area contributed by atoms with E-state index in [1.165, 1.54) is 18.1 Å². The van der Waals surface area contributed by atoms with E-state index in [-0.39, 0.29) is 22.0 Å². The van der Waals surface area contributed by atoms with Crippen LogP contribution in [0.5, 0.6) is 5.75 Å². The number of phenols is 1. The molecule has 1 saturated heterocycles. The van der Waals surface area contributed by atoms with Crippen molar-refractivity contribution in [2.75, 3.05) is 18.6 Å². The zero-order valence-electron chi connectivity index (χ0n) is 9.72. The molecule has 2 rings (SSSR count). The number of methoxy groups -OCH3 is 1. The van der Waals surface area contributed by atoms with Crippen molar-refractivity contribution in [1.29, 1.82) is 0 Å². The summed E-state index contributed by atoms with van der Waals surface area (Å²) in [5.41, 5.74) is 0.394. The van der Waals surface area contributed by atoms with Gasteiger partial charge in [0, 0.05) is 17.8 Å². The van der Waals surface area contributed by atoms with Crippen molar-refractivity contribution in [2.45, 2.75) is 11.2 Å². The largest absolute Gasteiger partial charge is 0.505 e. The summed E-state index contributed by atoms with van der Waals surface area (Å²) < 4.78 is 4.57. The van der Waals surface area contributed by atoms with E-state index in [2.05, 4.69) is 20.7 Å². The summed E-state index contributed by atoms with van der Waals surface area (Å²) in [6.45, 7) is 0.469. The Morgan fingerprint density at radius 3 is 2.83 bits per heavy atom. The number of aromatic hydroxyl groups is 1. The summed E-state index contributed by atoms with van der Waals surface area (Å²) in [4.78, 5) is 24.7. The Kier molecular flexibility index (Phi) is 3.56. The molecule has 1 heterocycles. The summed E-state index contributed by atoms with van der Waals surface area (Å²) in [7, 11) is 1.24. The number of anilines is 1. The van der Waals surface area contributed by atoms with E-state index in [1.54, 1.807) is 12.1 Å². The second-order valence-electron chi connectivity index (χ2n) is 3.97. The van der Waals surface area contributed by atoms with Crippen LogP contribution in [0.2, 0.25) is 0 Å². The Morgan fingerprint density at radius 2 is 2.28 bits per heavy atom. The fourth-order valence-electron chi connectivity index (χ4n) is 1.92. The molecule has 1 atom stereocenters. The molecule has 0 aromatic heterocycles. The van der Waals surface area contributed by atoms with Crippen molar-refractivity contribution in [2.24, 2.45) is 0 Å². The summed E-state index contributed by atoms with van der Waals surface area (Å²) in [6, 6.07) is 4.66. The minimum absolute atomic E-state index is 0.0563. The number of phenolic OH excluding ortho intramolecular Hbond substituents is 1. The zero-order chi connectivity index (χ0) is 13.3. The monoisotopic (exact) mass is 313 g/mol. The van der Waals surface area contributed by atoms with Crippen molar-refractivity contribution in [3.05, 3.63) is 23.8 Å². The maximum Gasteiger partial charge on any atom is 0.341 e. The first-order valence-corrected chi connectivity index (χ1v) is 6.31. The second-order valence-corrected chi connectivity index (χ2v) is 5.27. The molecule has 0 radical (unpaired) electrons. The molecule has 0 bridgehead atoms. The molecule has 1 amide bonds. The molecule has 0 saturated carbocycles. The Balaban J connectivity index is 2.40. The van der Waals surface area contributed by atoms with Gasteiger partial charge in [-0.05, 0) is 12.1 Å². The molecule has 6 heteroatoms. The fourth-order valence-corrected chi connectivity index (χ4v) is 2.49. The lowest BCUT2D eigenvalue weighted by Gasteiger charge is -2.18. The van der Waals surface area contributed by atoms with Gasteiger partial charge in [-0.3, -0.25) is 4.79 Å². The van der Waals surface area contributed by atoms with E-state index in [0.29, 0.717) is 18.7 Å². The summed E-state index contributed by atoms with van der Waals surface area (Å²) in [6.07, 6.45) is 0.377. The Labute approximate surface area is 112 Å². The van der Waals surface area contributed by atoms with Crippen molar-refractivity contribution in [3.63, 3.8) is 0 Å². The lowest BCUT2D eigenvalue weighted by atomic mass is 10.1. The number of carbonyl (C=O) groups excluding carboxylic acids is 2. The third-order valence-electron chi connectivity index (χ3n) is 2.79. The molecule has 1 aromatic rings. The number of hydrogen-bond acceptors (Lipinski definition) is 4. The van der Waals surface area contributed by atoms with Crippen LogP contribution in [0.25, 0.3) is 0 Å². The number of benzene rings is 1. The maximum absolute atomic E-state index is 11.8. The first kappa shape index (κ1) is 12.9. The number of rotatable bonds is 2. The van der Waals surface area contributed by atoms with E-state index in [0.717, 1.165) is 0 Å². The van der Waals surface area contributed by atoms with Gasteiger partial charge in [-0.1, -0.05) is 22.0 Å². The van der Waals surface area contributed by atoms with Gasteiger partial charge in [0.15, 0.2) is 5.75 Å². The molecule has 1 aliphatic rings. The number of hydrogen-bond donors (Lipinski definition) is 1. The number of alkyl halides is 1. The van der Waals surface area contributed by atoms with E-state index in [4.69, 9.17) is 0 Å². The van der Waals surface area contributed by atoms with Crippen molar-refractivity contribution < 1.29 is 19.4 Å². The van der Waals surface area contributed by atoms with Gasteiger partial charge in [-0.15, -0.1) is 0 Å². The van der Waals surface area contributed by atoms with Crippen LogP contribution in [0, 0.1) is 0 Å². The second kappa shape index (κ2) is 4.97. The highest BCUT2D eigenvalue weighted by Gasteiger charge is 2.31. The number of nitrogens with zero attached hydrogens (tertiary/aromatic N) is 1. The minimum atomic E-state index is -0.628. The highest BCUT2D eigenvalue weighted by molar-refractivity contribution is 9.09. The molecular weight excluding hydrogens is 302 g/mol. The van der Waals surface area contributed by atoms with Crippen LogP contribution in [-0.4, -0.2) is 35.5 Å². The SMILES string of the molecule is COC(=O)c1cccc(N2CC(Br)CC2=O)c1O. The predicted molar refractivity (Wildman–Crippen MR) is 69.1 cm³/mol. The standard InChI is InChI=1S/C12H12BrNO4/c1-18-12(17)8-3-2-4-9(11(8)16)14-6-7(13)5-10(14)15/h2-4,7,16H,5-6H2,1H3. The average Bonchev–Trinajstić information content (AvgIpc) is 2.68. The molecule has 0 spiro atoms. The van der Waals surface area contributed by atoms with Crippen molar-refractivity contribution in [1.82, 2.24) is 0 Å². The smallest absolute Gasteiger partial charge is 0.341 e. The van der Waals surface area contributed by atoms with E-state index in [9.17, 15) is 14.7 Å². The highest BCUT2D eigenvalue weighted by atomic mass is 79.9. The lowest BCUT2D eigenvalue weighted by Crippen LogP contribution is -2.25. The van der Waals surface area contributed by atoms with Gasteiger partial charge in [-0.25, -0.2) is 4.79 Å². The Morgan fingerprint density at radius 1 is 1.56 bits per heavy atom. The topological polar surface area (TPSA) is 66.8 Å². The van der Waals surface area contributed by atoms with Gasteiger partial charge in [0.05, 0.1) is 12.8 Å². The molecule has 1 fully saturated rings. The zero-order valence-corrected chi connectivity index (χ0v) is 11.3. The van der Waals surface area contributed by atoms with E-state index >= 15 is 0 Å². The number of para-hydroxylation sites is 1. The summed E-state index contributed by atoms with van der Waals surface area (Å²) in [5, 5.41) is 10.0. The van der Waals surface area contributed by atoms with E-state index < -0.39 is 5.97 Å². The highest BCUT2D eigenvalue weighted by Crippen LogP contribution is 2.35. The molecule has 0 aliphatic carbocycles. The predicted octanol–water partition coefficient (Wildman–Crippen LogP) is 1.68. The molecular formula is C12H12BrNO4. The maximum atomic E-state index is 11.8. The molecule has 18 heavy (non-hydrogen) atoms. The van der Waals surface area contributed by atoms with Gasteiger partial charge in [-0.2, -0.15) is 0 Å². The van der Waals surface area contributed by atoms with Gasteiger partial charge < -0.3 is 14.7 Å². The lowest BCUT2D eigenvalue weighted by molar-refractivity contribution is -0.117. The molecule has 5 nitrogen and oxygen atoms in total. The molecule has 1 unspecified atom stereocenters. The normalized spacial score (nSPS) is 19.1. The van der Waals surface area contributed by atoms with Gasteiger partial charge in [0.2, 0.25) is 5.91 Å². The van der Waals surface area contributed by atoms with Gasteiger partial charge in [0.1, 0.15) is 5.56 Å². The van der Waals surface area contributed by atoms with Crippen LogP contribution in [0.1, 0.15) is 16.8 Å². The molecule has 1 aromatic carbocycles. The number of amides is 1. The molecule has 1 N–H and O–H groups in total. The minimum Gasteiger partial charge on any atom is -0.505 e. The van der Waals surface area contributed by atoms with Crippen molar-refractivity contribution in [3.8, 4) is 5.75 Å². The number of halogens is 1. The van der Waals surface area contributed by atoms with Crippen LogP contribution in [-0.2, 0) is 9.53 Å². The fraction of sp³-hybridized carbons (Fsp3) is 0.333. The third kappa shape index (κ3) is 2.20. The summed E-state index contributed by atoms with van der Waals surface area (Å²) >= 11 is 3.37. The number of esters is 1. The Hall–Kier alpha value is -1.56. The van der Waals surface area contributed by atoms with Gasteiger partial charge in [0.25, 0.3) is 0 Å². The van der Waals surface area contributed by atoms with Crippen LogP contribution in [0.15, 0.2) is 18.2 Å². The van der Waals surface area contributed by atoms with Gasteiger partial charge >= 0.3 is 5.97 Å². The van der Waals surface area contributed by atoms with E-state index in [1.807, 2.05) is 0 Å². The van der Waals surface area contributed by atoms with Crippen LogP contribution in [0.3, 0.4) is 0 Å². The first-order valence-electron chi connectivity index (χ1n) is 5.39. The quantitative estimate of drug-likeness (QED) is 0.666. The average molecular weight is 314 g/mol. The molecule has 96 valence electrons. The van der Waals surface area contributed by atoms with Crippen molar-refractivity contribution >= 4 is 33.5 Å². The Bertz CT molecular complexity index is 503. The summed E-state index contributed by atoms with van der Waals surface area (Å²) in [5.74, 6) is -0.940. The van der Waals surface area contributed by atoms with Crippen LogP contribution in [0.4, 0.5) is 5.69 Å². The van der Waals surface area contributed by atoms with Crippen LogP contribution < -0.4 is 4.90 Å². The van der Waals surface area contributed by atoms with Crippen LogP contribution >= 0.6 is 15.9 Å². The molecule has 1 aliphatic heterocycles. The first-order chi connectivity index (χ1) is 8.54. The third-order valence-corrected chi connectivity index (χ3v) is 3.40. The number of ether oxygens (including phenoxy) is 1. The number of carbonyl (C=O) groups is 2.